The van der Waals surface area contributed by atoms with Gasteiger partial charge in [-0.25, -0.2) is 0 Å². The maximum atomic E-state index is 5.73. The second-order valence-electron chi connectivity index (χ2n) is 5.11. The van der Waals surface area contributed by atoms with E-state index >= 15 is 0 Å². The molecule has 0 bridgehead atoms. The highest BCUT2D eigenvalue weighted by Crippen LogP contribution is 2.06. The van der Waals surface area contributed by atoms with Crippen LogP contribution in [0.3, 0.4) is 0 Å². The largest absolute Gasteiger partial charge is 0.394 e. The molecule has 0 fully saturated rings. The third kappa shape index (κ3) is 11.0. The first kappa shape index (κ1) is 26.3. The lowest BCUT2D eigenvalue weighted by Gasteiger charge is -2.16. The first-order valence-corrected chi connectivity index (χ1v) is 13.6. The highest BCUT2D eigenvalue weighted by Gasteiger charge is 2.21. The SMILES string of the molecule is COC(OC)[SiH2]C#CC(C#C[SiH2]C(OC)OC)(C#C[SiH2]C(OC)OC)O[SiH3]. The fraction of sp³-hybridized carbons (Fsp3) is 0.625. The minimum atomic E-state index is -1.11. The normalized spacial score (nSPS) is 14.1. The van der Waals surface area contributed by atoms with Crippen molar-refractivity contribution >= 4 is 39.0 Å². The fourth-order valence-corrected chi connectivity index (χ4v) is 4.67. The van der Waals surface area contributed by atoms with Gasteiger partial charge in [0.05, 0.1) is 0 Å². The summed E-state index contributed by atoms with van der Waals surface area (Å²) in [4.78, 5) is 0. The van der Waals surface area contributed by atoms with Gasteiger partial charge < -0.3 is 32.8 Å². The van der Waals surface area contributed by atoms with Crippen LogP contribution in [0.4, 0.5) is 0 Å². The predicted molar refractivity (Wildman–Crippen MR) is 116 cm³/mol. The standard InChI is InChI=1S/C16H30O7Si4/c1-17-13(18-2)25-10-7-16(23-24,8-11-26-14(19-3)20-4)9-12-27-15(21-5)22-6/h13-15H,25-27H2,1-6,24H3. The molecule has 0 heterocycles. The summed E-state index contributed by atoms with van der Waals surface area (Å²) in [6, 6.07) is 0. The van der Waals surface area contributed by atoms with Gasteiger partial charge in [0.15, 0.2) is 39.0 Å². The molecule has 0 aromatic rings. The van der Waals surface area contributed by atoms with Crippen LogP contribution in [0.15, 0.2) is 0 Å². The Morgan fingerprint density at radius 1 is 0.593 bits per heavy atom. The van der Waals surface area contributed by atoms with Crippen LogP contribution in [-0.2, 0) is 32.8 Å². The van der Waals surface area contributed by atoms with Crippen LogP contribution in [-0.4, -0.2) is 105 Å². The second kappa shape index (κ2) is 16.2. The molecule has 0 aromatic carbocycles. The van der Waals surface area contributed by atoms with E-state index in [1.165, 1.54) is 0 Å². The molecule has 0 spiro atoms. The van der Waals surface area contributed by atoms with Crippen LogP contribution < -0.4 is 0 Å². The van der Waals surface area contributed by atoms with E-state index in [1.807, 2.05) is 0 Å². The fourth-order valence-electron chi connectivity index (χ4n) is 1.81. The summed E-state index contributed by atoms with van der Waals surface area (Å²) in [7, 11) is 7.21. The molecule has 0 saturated carbocycles. The van der Waals surface area contributed by atoms with Gasteiger partial charge in [0.1, 0.15) is 17.7 Å². The van der Waals surface area contributed by atoms with Crippen molar-refractivity contribution in [3.63, 3.8) is 0 Å². The molecule has 7 nitrogen and oxygen atoms in total. The molecule has 0 aromatic heterocycles. The van der Waals surface area contributed by atoms with Gasteiger partial charge in [-0.1, -0.05) is 0 Å². The van der Waals surface area contributed by atoms with Crippen molar-refractivity contribution in [1.82, 2.24) is 0 Å². The maximum absolute atomic E-state index is 5.73. The number of hydrogen-bond acceptors (Lipinski definition) is 7. The van der Waals surface area contributed by atoms with Crippen LogP contribution in [0.2, 0.25) is 0 Å². The van der Waals surface area contributed by atoms with Crippen molar-refractivity contribution in [2.75, 3.05) is 42.7 Å². The van der Waals surface area contributed by atoms with Gasteiger partial charge in [0.2, 0.25) is 5.60 Å². The third-order valence-electron chi connectivity index (χ3n) is 3.48. The van der Waals surface area contributed by atoms with Gasteiger partial charge in [-0.15, -0.1) is 16.6 Å². The minimum absolute atomic E-state index is 0.272. The lowest BCUT2D eigenvalue weighted by Crippen LogP contribution is -2.29. The summed E-state index contributed by atoms with van der Waals surface area (Å²) in [6.07, 6.45) is 0. The first-order chi connectivity index (χ1) is 13.0. The third-order valence-corrected chi connectivity index (χ3v) is 8.24. The Labute approximate surface area is 172 Å². The summed E-state index contributed by atoms with van der Waals surface area (Å²) in [5, 5.41) is 0. The summed E-state index contributed by atoms with van der Waals surface area (Å²) in [5.74, 6) is 8.48. The number of rotatable bonds is 10. The zero-order valence-electron chi connectivity index (χ0n) is 17.2. The smallest absolute Gasteiger partial charge is 0.242 e. The monoisotopic (exact) mass is 446 g/mol. The molecule has 27 heavy (non-hydrogen) atoms. The van der Waals surface area contributed by atoms with E-state index in [0.29, 0.717) is 10.5 Å². The van der Waals surface area contributed by atoms with Crippen LogP contribution in [0, 0.1) is 34.4 Å². The molecule has 0 saturated heterocycles. The summed E-state index contributed by atoms with van der Waals surface area (Å²) in [5.41, 5.74) is 8.34. The Morgan fingerprint density at radius 3 is 1.04 bits per heavy atom. The molecule has 0 amide bonds. The molecule has 152 valence electrons. The summed E-state index contributed by atoms with van der Waals surface area (Å²) < 4.78 is 37.0. The van der Waals surface area contributed by atoms with Gasteiger partial charge in [0.25, 0.3) is 0 Å². The molecule has 0 rings (SSSR count). The van der Waals surface area contributed by atoms with Crippen LogP contribution in [0.25, 0.3) is 0 Å². The molecule has 0 radical (unpaired) electrons. The number of methoxy groups -OCH3 is 6. The van der Waals surface area contributed by atoms with Gasteiger partial charge in [-0.3, -0.25) is 0 Å². The molecular formula is C16H30O7Si4. The molecule has 0 aliphatic carbocycles. The van der Waals surface area contributed by atoms with E-state index in [4.69, 9.17) is 32.8 Å². The van der Waals surface area contributed by atoms with Gasteiger partial charge in [-0.05, 0) is 17.8 Å². The predicted octanol–water partition coefficient (Wildman–Crippen LogP) is -3.86. The van der Waals surface area contributed by atoms with E-state index in [-0.39, 0.29) is 17.7 Å². The van der Waals surface area contributed by atoms with Crippen LogP contribution in [0.5, 0.6) is 0 Å². The summed E-state index contributed by atoms with van der Waals surface area (Å²) >= 11 is 0. The van der Waals surface area contributed by atoms with Crippen LogP contribution >= 0.6 is 0 Å². The highest BCUT2D eigenvalue weighted by molar-refractivity contribution is 6.48. The van der Waals surface area contributed by atoms with Gasteiger partial charge >= 0.3 is 0 Å². The molecular weight excluding hydrogens is 417 g/mol. The van der Waals surface area contributed by atoms with E-state index < -0.39 is 34.2 Å². The minimum Gasteiger partial charge on any atom is -0.394 e. The molecule has 11 heteroatoms. The average molecular weight is 447 g/mol. The van der Waals surface area contributed by atoms with Crippen LogP contribution in [0.1, 0.15) is 0 Å². The first-order valence-electron chi connectivity index (χ1n) is 8.26. The molecule has 0 unspecified atom stereocenters. The van der Waals surface area contributed by atoms with Crippen molar-refractivity contribution in [1.29, 1.82) is 0 Å². The molecule has 0 atom stereocenters. The van der Waals surface area contributed by atoms with Crippen molar-refractivity contribution in [2.45, 2.75) is 23.3 Å². The lowest BCUT2D eigenvalue weighted by atomic mass is 10.1. The zero-order chi connectivity index (χ0) is 20.5. The van der Waals surface area contributed by atoms with Gasteiger partial charge in [-0.2, -0.15) is 0 Å². The molecule has 0 aliphatic heterocycles. The van der Waals surface area contributed by atoms with Crippen molar-refractivity contribution in [2.24, 2.45) is 0 Å². The van der Waals surface area contributed by atoms with E-state index in [1.54, 1.807) is 42.7 Å². The molecule has 0 N–H and O–H groups in total. The Bertz CT molecular complexity index is 494. The van der Waals surface area contributed by atoms with E-state index in [2.05, 4.69) is 34.4 Å². The van der Waals surface area contributed by atoms with Gasteiger partial charge in [0, 0.05) is 42.7 Å². The Balaban J connectivity index is 5.52. The second-order valence-corrected chi connectivity index (χ2v) is 9.80. The quantitative estimate of drug-likeness (QED) is 0.193. The average Bonchev–Trinajstić information content (AvgIpc) is 2.71. The Kier molecular flexibility index (Phi) is 15.8. The Hall–Kier alpha value is -0.732. The molecule has 0 aliphatic rings. The summed E-state index contributed by atoms with van der Waals surface area (Å²) in [6.45, 7) is 0. The van der Waals surface area contributed by atoms with E-state index in [9.17, 15) is 0 Å². The van der Waals surface area contributed by atoms with Crippen molar-refractivity contribution < 1.29 is 32.8 Å². The van der Waals surface area contributed by atoms with Crippen molar-refractivity contribution in [3.8, 4) is 34.4 Å². The number of ether oxygens (including phenoxy) is 6. The Morgan fingerprint density at radius 2 is 0.852 bits per heavy atom. The number of hydrogen-bond donors (Lipinski definition) is 0. The lowest BCUT2D eigenvalue weighted by molar-refractivity contribution is -0.0429. The van der Waals surface area contributed by atoms with E-state index in [0.717, 1.165) is 0 Å². The topological polar surface area (TPSA) is 64.6 Å². The maximum Gasteiger partial charge on any atom is 0.242 e. The zero-order valence-corrected chi connectivity index (χ0v) is 23.5. The highest BCUT2D eigenvalue weighted by atomic mass is 28.2. The van der Waals surface area contributed by atoms with Crippen molar-refractivity contribution in [3.05, 3.63) is 0 Å².